The lowest BCUT2D eigenvalue weighted by Crippen LogP contribution is -2.77. The standard InChI is InChI=1S/C37H48BO2P/c1-24-17-26(3)36(27(4)18-24)38(6)31-21-33-34(40-23-39-33)22-35(31)41(29-13-9-7-10-14-29,30-15-11-8-12-16-30)37-28(5)19-25(2)20-32(37)38/h17-22,29-30H,7-16,23H2,1-6H3/t38-/m1/s1. The van der Waals surface area contributed by atoms with E-state index in [2.05, 4.69) is 77.8 Å². The molecule has 216 valence electrons. The molecular formula is C37H48BO2P. The van der Waals surface area contributed by atoms with Crippen molar-refractivity contribution < 1.29 is 9.47 Å². The van der Waals surface area contributed by atoms with E-state index in [1.165, 1.54) is 86.5 Å². The van der Waals surface area contributed by atoms with Gasteiger partial charge in [-0.1, -0.05) is 59.4 Å². The third-order valence-electron chi connectivity index (χ3n) is 11.6. The minimum atomic E-state index is -1.77. The first-order valence-electron chi connectivity index (χ1n) is 16.5. The van der Waals surface area contributed by atoms with Gasteiger partial charge in [-0.25, -0.2) is 0 Å². The van der Waals surface area contributed by atoms with Crippen LogP contribution in [0.3, 0.4) is 0 Å². The Kier molecular flexibility index (Phi) is 6.85. The molecule has 2 aliphatic heterocycles. The van der Waals surface area contributed by atoms with Crippen molar-refractivity contribution in [3.8, 4) is 11.5 Å². The molecular weight excluding hydrogens is 518 g/mol. The molecule has 2 saturated carbocycles. The van der Waals surface area contributed by atoms with Crippen molar-refractivity contribution in [3.05, 3.63) is 64.2 Å². The van der Waals surface area contributed by atoms with Crippen LogP contribution in [0.4, 0.5) is 0 Å². The van der Waals surface area contributed by atoms with Crippen LogP contribution in [-0.4, -0.2) is 24.3 Å². The van der Waals surface area contributed by atoms with E-state index in [4.69, 9.17) is 9.47 Å². The Morgan fingerprint density at radius 3 is 1.71 bits per heavy atom. The molecule has 3 aromatic carbocycles. The molecule has 0 spiro atoms. The number of aryl methyl sites for hydroxylation is 5. The van der Waals surface area contributed by atoms with Crippen LogP contribution in [0.2, 0.25) is 6.82 Å². The molecule has 2 heterocycles. The molecule has 0 bridgehead atoms. The summed E-state index contributed by atoms with van der Waals surface area (Å²) in [5, 5.41) is 3.50. The lowest BCUT2D eigenvalue weighted by atomic mass is 9.16. The number of benzene rings is 3. The number of rotatable bonds is 3. The molecule has 4 heteroatoms. The van der Waals surface area contributed by atoms with Crippen molar-refractivity contribution in [1.29, 1.82) is 0 Å². The molecule has 2 nitrogen and oxygen atoms in total. The van der Waals surface area contributed by atoms with Crippen molar-refractivity contribution in [1.82, 2.24) is 0 Å². The van der Waals surface area contributed by atoms with Gasteiger partial charge in [0.25, 0.3) is 0 Å². The zero-order chi connectivity index (χ0) is 28.5. The summed E-state index contributed by atoms with van der Waals surface area (Å²) < 4.78 is 12.4. The molecule has 41 heavy (non-hydrogen) atoms. The van der Waals surface area contributed by atoms with E-state index in [1.807, 2.05) is 0 Å². The zero-order valence-electron chi connectivity index (χ0n) is 26.2. The van der Waals surface area contributed by atoms with Crippen LogP contribution in [0.5, 0.6) is 11.5 Å². The molecule has 1 atom stereocenters. The summed E-state index contributed by atoms with van der Waals surface area (Å²) in [7, 11) is -1.77. The van der Waals surface area contributed by atoms with Crippen molar-refractivity contribution in [2.75, 3.05) is 6.79 Å². The highest BCUT2D eigenvalue weighted by atomic mass is 31.2. The van der Waals surface area contributed by atoms with Gasteiger partial charge >= 0.3 is 0 Å². The average molecular weight is 567 g/mol. The predicted octanol–water partition coefficient (Wildman–Crippen LogP) is 7.00. The van der Waals surface area contributed by atoms with E-state index in [0.717, 1.165) is 22.8 Å². The molecule has 2 fully saturated rings. The summed E-state index contributed by atoms with van der Waals surface area (Å²) in [5.41, 5.74) is 13.5. The van der Waals surface area contributed by atoms with Gasteiger partial charge in [-0.15, -0.1) is 0 Å². The molecule has 0 unspecified atom stereocenters. The molecule has 2 aliphatic carbocycles. The molecule has 3 aromatic rings. The molecule has 0 aromatic heterocycles. The fraction of sp³-hybridized carbons (Fsp3) is 0.514. The van der Waals surface area contributed by atoms with Crippen LogP contribution in [-0.2, 0) is 0 Å². The van der Waals surface area contributed by atoms with Gasteiger partial charge in [0.2, 0.25) is 6.79 Å². The second kappa shape index (κ2) is 10.2. The van der Waals surface area contributed by atoms with Crippen molar-refractivity contribution in [2.45, 2.75) is 117 Å². The quantitative estimate of drug-likeness (QED) is 0.251. The summed E-state index contributed by atoms with van der Waals surface area (Å²) >= 11 is 0. The minimum Gasteiger partial charge on any atom is -0.454 e. The summed E-state index contributed by atoms with van der Waals surface area (Å²) in [6.07, 6.45) is 12.7. The predicted molar refractivity (Wildman–Crippen MR) is 180 cm³/mol. The molecule has 0 saturated heterocycles. The lowest BCUT2D eigenvalue weighted by Gasteiger charge is -2.55. The van der Waals surface area contributed by atoms with E-state index < -0.39 is 13.4 Å². The Morgan fingerprint density at radius 2 is 1.12 bits per heavy atom. The Balaban J connectivity index is 1.66. The van der Waals surface area contributed by atoms with Gasteiger partial charge in [0.1, 0.15) is 0 Å². The van der Waals surface area contributed by atoms with Crippen LogP contribution in [0.15, 0.2) is 36.4 Å². The van der Waals surface area contributed by atoms with E-state index >= 15 is 0 Å². The number of hydrogen-bond donors (Lipinski definition) is 0. The maximum Gasteiger partial charge on any atom is 0.231 e. The summed E-state index contributed by atoms with van der Waals surface area (Å²) in [6, 6.07) is 15.0. The highest BCUT2D eigenvalue weighted by molar-refractivity contribution is 7.92. The first-order valence-corrected chi connectivity index (χ1v) is 18.4. The summed E-state index contributed by atoms with van der Waals surface area (Å²) in [4.78, 5) is 0. The minimum absolute atomic E-state index is 0.341. The van der Waals surface area contributed by atoms with Crippen LogP contribution in [0, 0.1) is 34.6 Å². The van der Waals surface area contributed by atoms with Gasteiger partial charge in [0.05, 0.1) is 35.3 Å². The van der Waals surface area contributed by atoms with Gasteiger partial charge in [-0.2, -0.15) is 23.2 Å². The second-order valence-electron chi connectivity index (χ2n) is 14.3. The summed E-state index contributed by atoms with van der Waals surface area (Å²) in [5.74, 6) is 1.95. The Labute approximate surface area is 248 Å². The van der Waals surface area contributed by atoms with Gasteiger partial charge in [-0.3, -0.25) is 0 Å². The first kappa shape index (κ1) is 27.6. The third-order valence-corrected chi connectivity index (χ3v) is 17.5. The Hall–Kier alpha value is -2.25. The van der Waals surface area contributed by atoms with Crippen LogP contribution in [0.1, 0.15) is 92.0 Å². The maximum absolute atomic E-state index is 6.21. The van der Waals surface area contributed by atoms with Gasteiger partial charge < -0.3 is 9.47 Å². The number of fused-ring (bicyclic) bond motifs is 3. The van der Waals surface area contributed by atoms with Crippen molar-refractivity contribution in [2.24, 2.45) is 0 Å². The van der Waals surface area contributed by atoms with Gasteiger partial charge in [0.15, 0.2) is 11.5 Å². The first-order chi connectivity index (χ1) is 19.8. The largest absolute Gasteiger partial charge is 0.454 e. The fourth-order valence-corrected chi connectivity index (χ4v) is 17.6. The summed E-state index contributed by atoms with van der Waals surface area (Å²) in [6.45, 7) is 14.7. The monoisotopic (exact) mass is 566 g/mol. The fourth-order valence-electron chi connectivity index (χ4n) is 10.4. The van der Waals surface area contributed by atoms with Gasteiger partial charge in [-0.05, 0) is 97.6 Å². The van der Waals surface area contributed by atoms with Crippen LogP contribution in [0.25, 0.3) is 0 Å². The maximum atomic E-state index is 6.21. The van der Waals surface area contributed by atoms with Crippen LogP contribution >= 0.6 is 7.26 Å². The van der Waals surface area contributed by atoms with Gasteiger partial charge in [0, 0.05) is 6.07 Å². The number of ether oxygens (including phenoxy) is 2. The van der Waals surface area contributed by atoms with Crippen molar-refractivity contribution in [3.63, 3.8) is 0 Å². The van der Waals surface area contributed by atoms with E-state index in [1.54, 1.807) is 32.6 Å². The normalized spacial score (nSPS) is 23.8. The molecule has 4 aliphatic rings. The number of hydrogen-bond acceptors (Lipinski definition) is 2. The Bertz CT molecular complexity index is 1470. The second-order valence-corrected chi connectivity index (χ2v) is 18.2. The van der Waals surface area contributed by atoms with E-state index in [9.17, 15) is 0 Å². The Morgan fingerprint density at radius 1 is 0.610 bits per heavy atom. The van der Waals surface area contributed by atoms with Crippen LogP contribution < -0.4 is 36.5 Å². The van der Waals surface area contributed by atoms with E-state index in [-0.39, 0.29) is 0 Å². The van der Waals surface area contributed by atoms with Crippen molar-refractivity contribution >= 4 is 40.4 Å². The zero-order valence-corrected chi connectivity index (χ0v) is 27.1. The molecule has 0 amide bonds. The highest BCUT2D eigenvalue weighted by Gasteiger charge is 2.61. The lowest BCUT2D eigenvalue weighted by molar-refractivity contribution is 0.174. The smallest absolute Gasteiger partial charge is 0.231 e. The molecule has 7 rings (SSSR count). The third kappa shape index (κ3) is 4.01. The SMILES string of the molecule is Cc1cc(C)c([B@-]2(C)c3cc4c(cc3[P+](C3CCCCC3)(C3CCCCC3)c3c(C)cc(C)cc32)OCO4)c(C)c1. The highest BCUT2D eigenvalue weighted by Crippen LogP contribution is 2.71. The topological polar surface area (TPSA) is 18.5 Å². The molecule has 0 radical (unpaired) electrons. The average Bonchev–Trinajstić information content (AvgIpc) is 3.41. The van der Waals surface area contributed by atoms with E-state index in [0.29, 0.717) is 6.79 Å². The molecule has 0 N–H and O–H groups in total.